The van der Waals surface area contributed by atoms with Crippen molar-refractivity contribution in [3.05, 3.63) is 34.9 Å². The molecule has 16 heavy (non-hydrogen) atoms. The summed E-state index contributed by atoms with van der Waals surface area (Å²) in [5.74, 6) is -0.182. The molecule has 2 rings (SSSR count). The van der Waals surface area contributed by atoms with Gasteiger partial charge in [0.15, 0.2) is 6.73 Å². The fraction of sp³-hybridized carbons (Fsp3) is 0.250. The molecule has 0 N–H and O–H groups in total. The van der Waals surface area contributed by atoms with E-state index in [4.69, 9.17) is 4.74 Å². The van der Waals surface area contributed by atoms with E-state index in [1.54, 1.807) is 6.92 Å². The van der Waals surface area contributed by atoms with Gasteiger partial charge in [0.1, 0.15) is 0 Å². The second kappa shape index (κ2) is 4.70. The van der Waals surface area contributed by atoms with E-state index in [1.807, 2.05) is 35.0 Å². The van der Waals surface area contributed by atoms with Crippen LogP contribution in [0.15, 0.2) is 34.9 Å². The minimum Gasteiger partial charge on any atom is -0.444 e. The molecule has 0 amide bonds. The average Bonchev–Trinajstić information content (AvgIpc) is 2.68. The summed E-state index contributed by atoms with van der Waals surface area (Å²) in [6.07, 6.45) is 2.32. The highest BCUT2D eigenvalue weighted by Gasteiger charge is 2.03. The first-order chi connectivity index (χ1) is 7.70. The molecule has 2 aromatic rings. The molecule has 0 radical (unpaired) electrons. The van der Waals surface area contributed by atoms with Crippen LogP contribution < -0.4 is 0 Å². The van der Waals surface area contributed by atoms with Crippen molar-refractivity contribution in [2.75, 3.05) is 0 Å². The number of ether oxygens (including phenoxy) is 1. The lowest BCUT2D eigenvalue weighted by Gasteiger charge is -2.06. The Kier molecular flexibility index (Phi) is 3.29. The van der Waals surface area contributed by atoms with Crippen LogP contribution in [0.1, 0.15) is 13.3 Å². The van der Waals surface area contributed by atoms with Gasteiger partial charge in [-0.05, 0) is 24.3 Å². The Morgan fingerprint density at radius 3 is 3.00 bits per heavy atom. The topological polar surface area (TPSA) is 31.2 Å². The second-order valence-corrected chi connectivity index (χ2v) is 4.40. The van der Waals surface area contributed by atoms with Crippen molar-refractivity contribution in [1.82, 2.24) is 4.57 Å². The van der Waals surface area contributed by atoms with E-state index in [0.717, 1.165) is 15.4 Å². The zero-order valence-electron chi connectivity index (χ0n) is 8.94. The Labute approximate surface area is 102 Å². The first-order valence-electron chi connectivity index (χ1n) is 5.10. The van der Waals surface area contributed by atoms with Gasteiger partial charge in [0.25, 0.3) is 0 Å². The van der Waals surface area contributed by atoms with Crippen molar-refractivity contribution >= 4 is 32.8 Å². The number of aromatic nitrogens is 1. The largest absolute Gasteiger partial charge is 0.444 e. The van der Waals surface area contributed by atoms with Crippen molar-refractivity contribution in [3.63, 3.8) is 0 Å². The molecule has 3 nitrogen and oxygen atoms in total. The maximum Gasteiger partial charge on any atom is 0.307 e. The molecule has 84 valence electrons. The molecule has 0 spiro atoms. The SMILES string of the molecule is CCC(=O)OCn1ccc2cc(Br)ccc21. The number of esters is 1. The van der Waals surface area contributed by atoms with Gasteiger partial charge in [-0.3, -0.25) is 4.79 Å². The molecule has 0 aliphatic carbocycles. The van der Waals surface area contributed by atoms with E-state index >= 15 is 0 Å². The molecule has 0 saturated carbocycles. The minimum absolute atomic E-state index is 0.182. The molecule has 0 saturated heterocycles. The van der Waals surface area contributed by atoms with Crippen LogP contribution in [0.3, 0.4) is 0 Å². The van der Waals surface area contributed by atoms with Gasteiger partial charge in [-0.15, -0.1) is 0 Å². The van der Waals surface area contributed by atoms with Crippen molar-refractivity contribution in [2.24, 2.45) is 0 Å². The molecule has 0 bridgehead atoms. The van der Waals surface area contributed by atoms with Gasteiger partial charge >= 0.3 is 5.97 Å². The maximum atomic E-state index is 11.1. The number of rotatable bonds is 3. The Hall–Kier alpha value is -1.29. The Morgan fingerprint density at radius 1 is 1.44 bits per heavy atom. The Balaban J connectivity index is 2.22. The molecular formula is C12H12BrNO2. The molecule has 1 aromatic heterocycles. The number of hydrogen-bond donors (Lipinski definition) is 0. The summed E-state index contributed by atoms with van der Waals surface area (Å²) >= 11 is 3.42. The molecule has 1 heterocycles. The van der Waals surface area contributed by atoms with Gasteiger partial charge in [-0.2, -0.15) is 0 Å². The third-order valence-corrected chi connectivity index (χ3v) is 2.88. The van der Waals surface area contributed by atoms with Gasteiger partial charge in [0, 0.05) is 22.5 Å². The second-order valence-electron chi connectivity index (χ2n) is 3.49. The van der Waals surface area contributed by atoms with Crippen molar-refractivity contribution < 1.29 is 9.53 Å². The number of carbonyl (C=O) groups excluding carboxylic acids is 1. The number of hydrogen-bond acceptors (Lipinski definition) is 2. The quantitative estimate of drug-likeness (QED) is 0.809. The highest BCUT2D eigenvalue weighted by Crippen LogP contribution is 2.20. The fourth-order valence-corrected chi connectivity index (χ4v) is 1.91. The molecule has 1 aromatic carbocycles. The first kappa shape index (κ1) is 11.2. The Bertz CT molecular complexity index is 519. The number of benzene rings is 1. The van der Waals surface area contributed by atoms with Crippen LogP contribution in [0.25, 0.3) is 10.9 Å². The standard InChI is InChI=1S/C12H12BrNO2/c1-2-12(15)16-8-14-6-5-9-7-10(13)3-4-11(9)14/h3-7H,2,8H2,1H3. The van der Waals surface area contributed by atoms with E-state index < -0.39 is 0 Å². The lowest BCUT2D eigenvalue weighted by Crippen LogP contribution is -2.07. The normalized spacial score (nSPS) is 10.6. The molecule has 0 aliphatic heterocycles. The predicted molar refractivity (Wildman–Crippen MR) is 66.0 cm³/mol. The zero-order valence-corrected chi connectivity index (χ0v) is 10.5. The monoisotopic (exact) mass is 281 g/mol. The van der Waals surface area contributed by atoms with Crippen LogP contribution in [-0.2, 0) is 16.3 Å². The summed E-state index contributed by atoms with van der Waals surface area (Å²) in [5, 5.41) is 1.13. The summed E-state index contributed by atoms with van der Waals surface area (Å²) in [6.45, 7) is 2.06. The highest BCUT2D eigenvalue weighted by molar-refractivity contribution is 9.10. The van der Waals surface area contributed by atoms with Crippen LogP contribution in [0.4, 0.5) is 0 Å². The van der Waals surface area contributed by atoms with Crippen molar-refractivity contribution in [3.8, 4) is 0 Å². The third-order valence-electron chi connectivity index (χ3n) is 2.39. The Morgan fingerprint density at radius 2 is 2.25 bits per heavy atom. The van der Waals surface area contributed by atoms with E-state index in [2.05, 4.69) is 15.9 Å². The maximum absolute atomic E-state index is 11.1. The van der Waals surface area contributed by atoms with Gasteiger partial charge < -0.3 is 9.30 Å². The molecular weight excluding hydrogens is 270 g/mol. The van der Waals surface area contributed by atoms with Gasteiger partial charge in [-0.1, -0.05) is 22.9 Å². The predicted octanol–water partition coefficient (Wildman–Crippen LogP) is 3.31. The lowest BCUT2D eigenvalue weighted by molar-refractivity contribution is -0.146. The molecule has 0 unspecified atom stereocenters. The zero-order chi connectivity index (χ0) is 11.5. The van der Waals surface area contributed by atoms with Crippen LogP contribution in [0.2, 0.25) is 0 Å². The lowest BCUT2D eigenvalue weighted by atomic mass is 10.2. The third kappa shape index (κ3) is 2.27. The summed E-state index contributed by atoms with van der Waals surface area (Å²) in [4.78, 5) is 11.1. The van der Waals surface area contributed by atoms with Crippen molar-refractivity contribution in [1.29, 1.82) is 0 Å². The van der Waals surface area contributed by atoms with Gasteiger partial charge in [-0.25, -0.2) is 0 Å². The molecule has 0 atom stereocenters. The van der Waals surface area contributed by atoms with Crippen LogP contribution in [-0.4, -0.2) is 10.5 Å². The van der Waals surface area contributed by atoms with E-state index in [1.165, 1.54) is 0 Å². The molecule has 4 heteroatoms. The van der Waals surface area contributed by atoms with Crippen LogP contribution in [0, 0.1) is 0 Å². The number of halogens is 1. The average molecular weight is 282 g/mol. The summed E-state index contributed by atoms with van der Waals surface area (Å²) in [7, 11) is 0. The fourth-order valence-electron chi connectivity index (χ4n) is 1.53. The summed E-state index contributed by atoms with van der Waals surface area (Å²) in [6, 6.07) is 8.01. The van der Waals surface area contributed by atoms with Gasteiger partial charge in [0.05, 0.1) is 5.52 Å². The highest BCUT2D eigenvalue weighted by atomic mass is 79.9. The smallest absolute Gasteiger partial charge is 0.307 e. The van der Waals surface area contributed by atoms with E-state index in [0.29, 0.717) is 6.42 Å². The van der Waals surface area contributed by atoms with E-state index in [9.17, 15) is 4.79 Å². The minimum atomic E-state index is -0.182. The van der Waals surface area contributed by atoms with Gasteiger partial charge in [0.2, 0.25) is 0 Å². The molecule has 0 fully saturated rings. The van der Waals surface area contributed by atoms with Crippen LogP contribution >= 0.6 is 15.9 Å². The number of carbonyl (C=O) groups is 1. The van der Waals surface area contributed by atoms with Crippen molar-refractivity contribution in [2.45, 2.75) is 20.1 Å². The summed E-state index contributed by atoms with van der Waals surface area (Å²) in [5.41, 5.74) is 1.06. The van der Waals surface area contributed by atoms with Crippen LogP contribution in [0.5, 0.6) is 0 Å². The number of fused-ring (bicyclic) bond motifs is 1. The first-order valence-corrected chi connectivity index (χ1v) is 5.90. The summed E-state index contributed by atoms with van der Waals surface area (Å²) < 4.78 is 8.04. The molecule has 0 aliphatic rings. The van der Waals surface area contributed by atoms with E-state index in [-0.39, 0.29) is 12.7 Å². The number of nitrogens with zero attached hydrogens (tertiary/aromatic N) is 1.